The van der Waals surface area contributed by atoms with E-state index in [0.717, 1.165) is 6.42 Å². The molecule has 1 unspecified atom stereocenters. The van der Waals surface area contributed by atoms with Crippen LogP contribution in [0, 0.1) is 31.1 Å². The smallest absolute Gasteiger partial charge is 0.171 e. The van der Waals surface area contributed by atoms with E-state index in [2.05, 4.69) is 128 Å². The van der Waals surface area contributed by atoms with Crippen molar-refractivity contribution in [2.24, 2.45) is 5.92 Å². The van der Waals surface area contributed by atoms with Crippen LogP contribution in [0.1, 0.15) is 91.5 Å². The summed E-state index contributed by atoms with van der Waals surface area (Å²) in [5, 5.41) is 0. The largest absolute Gasteiger partial charge is 0.184 e. The molecule has 3 aromatic rings. The van der Waals surface area contributed by atoms with Gasteiger partial charge in [-0.1, -0.05) is 96.0 Å². The Morgan fingerprint density at radius 1 is 0.829 bits per heavy atom. The predicted molar refractivity (Wildman–Crippen MR) is 184 cm³/mol. The summed E-state index contributed by atoms with van der Waals surface area (Å²) in [6, 6.07) is 27.6. The van der Waals surface area contributed by atoms with Crippen molar-refractivity contribution in [3.05, 3.63) is 125 Å². The van der Waals surface area contributed by atoms with Crippen molar-refractivity contribution in [2.75, 3.05) is 0 Å². The summed E-state index contributed by atoms with van der Waals surface area (Å²) >= 11 is 1.30. The minimum Gasteiger partial charge on any atom is -0.184 e. The summed E-state index contributed by atoms with van der Waals surface area (Å²) in [5.41, 5.74) is 11.5. The van der Waals surface area contributed by atoms with E-state index in [0.29, 0.717) is 5.92 Å². The van der Waals surface area contributed by atoms with Gasteiger partial charge in [0.15, 0.2) is 0 Å². The van der Waals surface area contributed by atoms with Crippen LogP contribution in [0.3, 0.4) is 0 Å². The van der Waals surface area contributed by atoms with Crippen molar-refractivity contribution in [3.63, 3.8) is 0 Å². The third-order valence-electron chi connectivity index (χ3n) is 6.67. The Bertz CT molecular complexity index is 1120. The molecule has 3 aromatic carbocycles. The van der Waals surface area contributed by atoms with Gasteiger partial charge in [-0.25, -0.2) is 11.1 Å². The van der Waals surface area contributed by atoms with Crippen molar-refractivity contribution in [2.45, 2.75) is 86.5 Å². The molecule has 0 bridgehead atoms. The maximum absolute atomic E-state index is 3.53. The van der Waals surface area contributed by atoms with Gasteiger partial charge in [0, 0.05) is 0 Å². The molecule has 5 rings (SSSR count). The normalized spacial score (nSPS) is 14.0. The maximum Gasteiger partial charge on any atom is -0.171 e. The monoisotopic (exact) mass is 666 g/mol. The molecule has 2 aliphatic rings. The Kier molecular flexibility index (Phi) is 19.9. The summed E-state index contributed by atoms with van der Waals surface area (Å²) in [6.45, 7) is 25.0. The Hall–Kier alpha value is -1.53. The van der Waals surface area contributed by atoms with E-state index in [-0.39, 0.29) is 35.6 Å². The zero-order valence-electron chi connectivity index (χ0n) is 26.9. The van der Waals surface area contributed by atoms with Crippen molar-refractivity contribution in [3.8, 4) is 11.1 Å². The number of hydrogen-bond acceptors (Lipinski definition) is 0. The molecule has 0 amide bonds. The number of fused-ring (bicyclic) bond motifs is 3. The van der Waals surface area contributed by atoms with Crippen molar-refractivity contribution in [1.82, 2.24) is 0 Å². The van der Waals surface area contributed by atoms with Gasteiger partial charge in [-0.3, -0.25) is 6.08 Å². The van der Waals surface area contributed by atoms with Gasteiger partial charge in [0.05, 0.1) is 0 Å². The summed E-state index contributed by atoms with van der Waals surface area (Å²) in [5.74, 6) is 0.551. The maximum atomic E-state index is 3.53. The second-order valence-electron chi connectivity index (χ2n) is 11.8. The predicted octanol–water partition coefficient (Wildman–Crippen LogP) is 11.1. The second kappa shape index (κ2) is 19.6. The Balaban J connectivity index is 0. The molecule has 0 nitrogen and oxygen atoms in total. The van der Waals surface area contributed by atoms with Gasteiger partial charge < -0.3 is 6.92 Å². The zero-order chi connectivity index (χ0) is 29.8. The van der Waals surface area contributed by atoms with Crippen LogP contribution in [0.2, 0.25) is 0 Å². The molecule has 2 aliphatic carbocycles. The minimum atomic E-state index is 0. The average molecular weight is 669 g/mol. The number of benzene rings is 3. The first-order valence-electron chi connectivity index (χ1n) is 13.8. The van der Waals surface area contributed by atoms with E-state index < -0.39 is 0 Å². The summed E-state index contributed by atoms with van der Waals surface area (Å²) in [6.07, 6.45) is 6.55. The molecular weight excluding hydrogens is 619 g/mol. The standard InChI is InChI=1S/C21H25.C8H11.C6H5.C2H5.CH2.2ClH.Zr/c1-20(2,3)16-9-7-14-11-15-8-10-17(21(4,5)6)13-19(15)18(14)12-16;1-6-4-7(2)8(3)5-6;1-2-4-6-5-3-1;1-2;;;;/h7,9-10,12-13H,11H2,1-6H3;4,6H,1-3H3;1-5H;1H2,2H3;1H2;2*1H;/q4*-1;;;;. The fourth-order valence-corrected chi connectivity index (χ4v) is 4.32. The summed E-state index contributed by atoms with van der Waals surface area (Å²) in [4.78, 5) is 0. The molecule has 41 heavy (non-hydrogen) atoms. The van der Waals surface area contributed by atoms with Crippen LogP contribution in [0.4, 0.5) is 0 Å². The van der Waals surface area contributed by atoms with Crippen LogP contribution >= 0.6 is 24.8 Å². The number of halogens is 2. The Labute approximate surface area is 280 Å². The van der Waals surface area contributed by atoms with Crippen LogP contribution in [-0.2, 0) is 41.5 Å². The van der Waals surface area contributed by atoms with Crippen molar-refractivity contribution < 1.29 is 24.2 Å². The summed E-state index contributed by atoms with van der Waals surface area (Å²) in [7, 11) is 0. The van der Waals surface area contributed by atoms with Crippen molar-refractivity contribution >= 4 is 29.0 Å². The van der Waals surface area contributed by atoms with Gasteiger partial charge in [0.2, 0.25) is 0 Å². The fraction of sp³-hybridized carbons (Fsp3) is 0.368. The third-order valence-corrected chi connectivity index (χ3v) is 6.67. The quantitative estimate of drug-likeness (QED) is 0.164. The van der Waals surface area contributed by atoms with E-state index in [1.807, 2.05) is 30.3 Å². The second-order valence-corrected chi connectivity index (χ2v) is 11.8. The van der Waals surface area contributed by atoms with E-state index >= 15 is 0 Å². The molecule has 0 heterocycles. The molecule has 0 saturated heterocycles. The van der Waals surface area contributed by atoms with Gasteiger partial charge in [0.1, 0.15) is 0 Å². The number of hydrogen-bond donors (Lipinski definition) is 0. The number of allylic oxidation sites excluding steroid dienone is 4. The van der Waals surface area contributed by atoms with Crippen LogP contribution in [0.5, 0.6) is 0 Å². The number of rotatable bonds is 0. The molecule has 0 aliphatic heterocycles. The minimum absolute atomic E-state index is 0. The molecule has 1 atom stereocenters. The first kappa shape index (κ1) is 41.6. The van der Waals surface area contributed by atoms with E-state index in [1.54, 1.807) is 6.92 Å². The molecule has 0 aromatic heterocycles. The molecule has 224 valence electrons. The first-order valence-corrected chi connectivity index (χ1v) is 15.5. The fourth-order valence-electron chi connectivity index (χ4n) is 4.32. The van der Waals surface area contributed by atoms with E-state index in [4.69, 9.17) is 0 Å². The van der Waals surface area contributed by atoms with E-state index in [9.17, 15) is 0 Å². The Morgan fingerprint density at radius 2 is 1.37 bits per heavy atom. The SMILES string of the molecule is CC(C)(C)c1c[c-]c2c(c1)-c1cc(C(C)(C)C)ccc1C2.CC1=[C-]C(C)C=C1C.Cl.Cl.[CH2-]C.[CH2]=[Zr].[c-]1ccccc1. The topological polar surface area (TPSA) is 0 Å². The average Bonchev–Trinajstić information content (AvgIpc) is 3.43. The molecule has 0 N–H and O–H groups in total. The van der Waals surface area contributed by atoms with Gasteiger partial charge in [-0.15, -0.1) is 37.3 Å². The molecular formula is C38H50Cl2Zr-4. The van der Waals surface area contributed by atoms with Crippen LogP contribution in [-0.4, -0.2) is 4.21 Å². The molecule has 0 saturated carbocycles. The van der Waals surface area contributed by atoms with Gasteiger partial charge in [-0.2, -0.15) is 78.7 Å². The van der Waals surface area contributed by atoms with E-state index in [1.165, 1.54) is 68.8 Å². The zero-order valence-corrected chi connectivity index (χ0v) is 31.0. The summed E-state index contributed by atoms with van der Waals surface area (Å²) < 4.78 is 3.34. The van der Waals surface area contributed by atoms with Crippen LogP contribution < -0.4 is 0 Å². The van der Waals surface area contributed by atoms with Gasteiger partial charge >= 0.3 is 28.4 Å². The van der Waals surface area contributed by atoms with Gasteiger partial charge in [0.25, 0.3) is 0 Å². The molecule has 0 fully saturated rings. The van der Waals surface area contributed by atoms with Gasteiger partial charge in [-0.05, 0) is 17.4 Å². The van der Waals surface area contributed by atoms with Crippen molar-refractivity contribution in [1.29, 1.82) is 0 Å². The Morgan fingerprint density at radius 3 is 1.73 bits per heavy atom. The van der Waals surface area contributed by atoms with Crippen LogP contribution in [0.15, 0.2) is 77.9 Å². The molecule has 0 spiro atoms. The molecule has 3 heteroatoms. The first-order chi connectivity index (χ1) is 18.4. The van der Waals surface area contributed by atoms with Crippen LogP contribution in [0.25, 0.3) is 11.1 Å². The molecule has 0 radical (unpaired) electrons. The third kappa shape index (κ3) is 13.1.